The van der Waals surface area contributed by atoms with Crippen LogP contribution >= 0.6 is 0 Å². The molecule has 0 aromatic carbocycles. The molecule has 182 valence electrons. The molecule has 5 rings (SSSR count). The van der Waals surface area contributed by atoms with E-state index in [1.54, 1.807) is 5.57 Å². The smallest absolute Gasteiger partial charge is 0.0594 e. The zero-order valence-corrected chi connectivity index (χ0v) is 22.1. The molecule has 4 fully saturated rings. The van der Waals surface area contributed by atoms with Gasteiger partial charge >= 0.3 is 0 Å². The molecule has 0 aliphatic heterocycles. The normalized spacial score (nSPS) is 56.8. The number of fused-ring (bicyclic) bond motifs is 7. The van der Waals surface area contributed by atoms with E-state index in [1.165, 1.54) is 57.8 Å². The number of hydrogen-bond donors (Lipinski definition) is 2. The van der Waals surface area contributed by atoms with E-state index in [2.05, 4.69) is 54.5 Å². The Morgan fingerprint density at radius 2 is 1.53 bits per heavy atom. The van der Waals surface area contributed by atoms with Gasteiger partial charge in [-0.3, -0.25) is 0 Å². The van der Waals surface area contributed by atoms with Gasteiger partial charge in [0.2, 0.25) is 0 Å². The molecule has 9 atom stereocenters. The van der Waals surface area contributed by atoms with Crippen LogP contribution in [0.5, 0.6) is 0 Å². The van der Waals surface area contributed by atoms with Crippen LogP contribution in [-0.4, -0.2) is 22.9 Å². The SMILES string of the molecule is CC1(C)[C@@H](O)CC[C@]2(C)[C@H]3CC=C4[C@@H]5C[C@@](C)(CO)CC[C@]5(C)CC[C@@]4(C)[C@]3(C)CC[C@@H]12. The first-order chi connectivity index (χ1) is 14.8. The van der Waals surface area contributed by atoms with Crippen molar-refractivity contribution < 1.29 is 10.2 Å². The summed E-state index contributed by atoms with van der Waals surface area (Å²) < 4.78 is 0. The summed E-state index contributed by atoms with van der Waals surface area (Å²) in [6.07, 6.45) is 14.8. The summed E-state index contributed by atoms with van der Waals surface area (Å²) in [5.74, 6) is 1.98. The minimum Gasteiger partial charge on any atom is -0.396 e. The summed E-state index contributed by atoms with van der Waals surface area (Å²) in [7, 11) is 0. The fraction of sp³-hybridized carbons (Fsp3) is 0.933. The van der Waals surface area contributed by atoms with E-state index in [4.69, 9.17) is 0 Å². The van der Waals surface area contributed by atoms with Gasteiger partial charge in [-0.2, -0.15) is 0 Å². The molecular formula is C30H50O2. The third-order valence-corrected chi connectivity index (χ3v) is 13.3. The van der Waals surface area contributed by atoms with Gasteiger partial charge in [-0.15, -0.1) is 0 Å². The minimum atomic E-state index is -0.149. The number of hydrogen-bond acceptors (Lipinski definition) is 2. The van der Waals surface area contributed by atoms with Crippen molar-refractivity contribution >= 4 is 0 Å². The van der Waals surface area contributed by atoms with Gasteiger partial charge in [0, 0.05) is 6.61 Å². The third-order valence-electron chi connectivity index (χ3n) is 13.3. The van der Waals surface area contributed by atoms with Gasteiger partial charge in [0.25, 0.3) is 0 Å². The Morgan fingerprint density at radius 1 is 0.844 bits per heavy atom. The van der Waals surface area contributed by atoms with Gasteiger partial charge in [-0.1, -0.05) is 60.1 Å². The van der Waals surface area contributed by atoms with Crippen LogP contribution in [0.25, 0.3) is 0 Å². The number of allylic oxidation sites excluding steroid dienone is 2. The van der Waals surface area contributed by atoms with E-state index in [1.807, 2.05) is 0 Å². The van der Waals surface area contributed by atoms with Crippen LogP contribution in [0.2, 0.25) is 0 Å². The van der Waals surface area contributed by atoms with Crippen LogP contribution in [0, 0.1) is 50.2 Å². The van der Waals surface area contributed by atoms with E-state index in [0.29, 0.717) is 40.6 Å². The van der Waals surface area contributed by atoms with Crippen molar-refractivity contribution in [2.45, 2.75) is 119 Å². The lowest BCUT2D eigenvalue weighted by atomic mass is 9.33. The Kier molecular flexibility index (Phi) is 5.02. The van der Waals surface area contributed by atoms with E-state index in [9.17, 15) is 10.2 Å². The summed E-state index contributed by atoms with van der Waals surface area (Å²) in [6.45, 7) is 17.8. The maximum Gasteiger partial charge on any atom is 0.0594 e. The van der Waals surface area contributed by atoms with Crippen LogP contribution < -0.4 is 0 Å². The van der Waals surface area contributed by atoms with E-state index >= 15 is 0 Å². The standard InChI is InChI=1S/C30H50O2/c1-25(2)22-10-13-30(7)23(28(22,5)12-11-24(25)32)9-8-20-21-18-26(3,19-31)14-15-27(21,4)16-17-29(20,30)6/h8,21-24,31-32H,9-19H2,1-7H3/t21-,22-,23+,24-,26-,27+,28-,29+,30+/m0/s1. The molecule has 0 spiro atoms. The van der Waals surface area contributed by atoms with Gasteiger partial charge in [0.05, 0.1) is 6.10 Å². The molecule has 0 aromatic rings. The van der Waals surface area contributed by atoms with Crippen molar-refractivity contribution in [2.24, 2.45) is 50.2 Å². The largest absolute Gasteiger partial charge is 0.396 e. The highest BCUT2D eigenvalue weighted by Crippen LogP contribution is 2.75. The zero-order chi connectivity index (χ0) is 23.4. The molecular weight excluding hydrogens is 392 g/mol. The summed E-state index contributed by atoms with van der Waals surface area (Å²) in [5.41, 5.74) is 3.26. The first kappa shape index (κ1) is 23.4. The van der Waals surface area contributed by atoms with Gasteiger partial charge in [0.15, 0.2) is 0 Å². The summed E-state index contributed by atoms with van der Waals surface area (Å²) in [4.78, 5) is 0. The molecule has 4 saturated carbocycles. The van der Waals surface area contributed by atoms with Crippen molar-refractivity contribution in [3.63, 3.8) is 0 Å². The highest BCUT2D eigenvalue weighted by atomic mass is 16.3. The molecule has 32 heavy (non-hydrogen) atoms. The highest BCUT2D eigenvalue weighted by Gasteiger charge is 2.67. The molecule has 0 aromatic heterocycles. The van der Waals surface area contributed by atoms with Crippen molar-refractivity contribution in [1.82, 2.24) is 0 Å². The Balaban J connectivity index is 1.56. The first-order valence-electron chi connectivity index (χ1n) is 13.8. The van der Waals surface area contributed by atoms with Crippen LogP contribution in [0.3, 0.4) is 0 Å². The Hall–Kier alpha value is -0.340. The predicted octanol–water partition coefficient (Wildman–Crippen LogP) is 7.14. The van der Waals surface area contributed by atoms with Crippen molar-refractivity contribution in [3.05, 3.63) is 11.6 Å². The van der Waals surface area contributed by atoms with E-state index in [0.717, 1.165) is 6.42 Å². The zero-order valence-electron chi connectivity index (χ0n) is 22.1. The van der Waals surface area contributed by atoms with Crippen molar-refractivity contribution in [1.29, 1.82) is 0 Å². The van der Waals surface area contributed by atoms with Crippen LogP contribution in [0.1, 0.15) is 113 Å². The molecule has 0 bridgehead atoms. The summed E-state index contributed by atoms with van der Waals surface area (Å²) in [5, 5.41) is 21.1. The fourth-order valence-electron chi connectivity index (χ4n) is 10.6. The van der Waals surface area contributed by atoms with Crippen LogP contribution in [0.4, 0.5) is 0 Å². The number of rotatable bonds is 1. The molecule has 5 aliphatic rings. The fourth-order valence-corrected chi connectivity index (χ4v) is 10.6. The maximum atomic E-state index is 10.9. The van der Waals surface area contributed by atoms with E-state index < -0.39 is 0 Å². The van der Waals surface area contributed by atoms with Gasteiger partial charge in [0.1, 0.15) is 0 Å². The second-order valence-electron chi connectivity index (χ2n) is 15.0. The molecule has 0 unspecified atom stereocenters. The van der Waals surface area contributed by atoms with Crippen LogP contribution in [-0.2, 0) is 0 Å². The molecule has 0 radical (unpaired) electrons. The topological polar surface area (TPSA) is 40.5 Å². The summed E-state index contributed by atoms with van der Waals surface area (Å²) >= 11 is 0. The van der Waals surface area contributed by atoms with E-state index in [-0.39, 0.29) is 22.3 Å². The molecule has 5 aliphatic carbocycles. The summed E-state index contributed by atoms with van der Waals surface area (Å²) in [6, 6.07) is 0. The second-order valence-corrected chi connectivity index (χ2v) is 15.0. The van der Waals surface area contributed by atoms with Crippen molar-refractivity contribution in [3.8, 4) is 0 Å². The molecule has 2 N–H and O–H groups in total. The van der Waals surface area contributed by atoms with Crippen LogP contribution in [0.15, 0.2) is 11.6 Å². The Morgan fingerprint density at radius 3 is 2.22 bits per heavy atom. The lowest BCUT2D eigenvalue weighted by molar-refractivity contribution is -0.203. The minimum absolute atomic E-state index is 0.0245. The lowest BCUT2D eigenvalue weighted by Gasteiger charge is -2.71. The second kappa shape index (κ2) is 6.87. The third kappa shape index (κ3) is 2.78. The number of aliphatic hydroxyl groups excluding tert-OH is 2. The Bertz CT molecular complexity index is 814. The van der Waals surface area contributed by atoms with Crippen molar-refractivity contribution in [2.75, 3.05) is 6.61 Å². The van der Waals surface area contributed by atoms with Gasteiger partial charge in [-0.05, 0) is 114 Å². The molecule has 2 nitrogen and oxygen atoms in total. The molecule has 0 amide bonds. The van der Waals surface area contributed by atoms with Gasteiger partial charge in [-0.25, -0.2) is 0 Å². The average molecular weight is 443 g/mol. The molecule has 0 heterocycles. The quantitative estimate of drug-likeness (QED) is 0.424. The number of aliphatic hydroxyl groups is 2. The average Bonchev–Trinajstić information content (AvgIpc) is 2.73. The maximum absolute atomic E-state index is 10.9. The highest BCUT2D eigenvalue weighted by molar-refractivity contribution is 5.33. The predicted molar refractivity (Wildman–Crippen MR) is 132 cm³/mol. The lowest BCUT2D eigenvalue weighted by Crippen LogP contribution is -2.64. The first-order valence-corrected chi connectivity index (χ1v) is 13.8. The molecule has 0 saturated heterocycles. The monoisotopic (exact) mass is 442 g/mol. The van der Waals surface area contributed by atoms with Gasteiger partial charge < -0.3 is 10.2 Å². The molecule has 2 heteroatoms. The Labute approximate surface area is 197 Å².